The van der Waals surface area contributed by atoms with E-state index in [1.807, 2.05) is 30.3 Å². The van der Waals surface area contributed by atoms with Crippen LogP contribution in [0, 0.1) is 0 Å². The molecule has 3 rings (SSSR count). The summed E-state index contributed by atoms with van der Waals surface area (Å²) in [5.41, 5.74) is 2.75. The zero-order valence-electron chi connectivity index (χ0n) is 13.7. The van der Waals surface area contributed by atoms with Crippen LogP contribution >= 0.6 is 0 Å². The fourth-order valence-corrected chi connectivity index (χ4v) is 2.49. The third-order valence-corrected chi connectivity index (χ3v) is 3.71. The van der Waals surface area contributed by atoms with Crippen molar-refractivity contribution in [2.24, 2.45) is 0 Å². The van der Waals surface area contributed by atoms with E-state index in [9.17, 15) is 9.59 Å². The number of carbonyl (C=O) groups excluding carboxylic acids is 2. The van der Waals surface area contributed by atoms with Crippen LogP contribution in [0.3, 0.4) is 0 Å². The molecule has 25 heavy (non-hydrogen) atoms. The molecule has 0 saturated heterocycles. The van der Waals surface area contributed by atoms with E-state index in [1.165, 1.54) is 7.11 Å². The van der Waals surface area contributed by atoms with E-state index >= 15 is 0 Å². The monoisotopic (exact) mass is 335 g/mol. The fraction of sp³-hybridized carbons (Fsp3) is 0.105. The molecule has 0 fully saturated rings. The molecule has 0 aliphatic carbocycles. The van der Waals surface area contributed by atoms with Crippen LogP contribution in [0.15, 0.2) is 60.8 Å². The Morgan fingerprint density at radius 1 is 1.08 bits per heavy atom. The summed E-state index contributed by atoms with van der Waals surface area (Å²) >= 11 is 0. The number of aromatic nitrogens is 1. The summed E-state index contributed by atoms with van der Waals surface area (Å²) in [5.74, 6) is -0.235. The van der Waals surface area contributed by atoms with Crippen LogP contribution in [0.5, 0.6) is 0 Å². The van der Waals surface area contributed by atoms with Gasteiger partial charge in [-0.25, -0.2) is 4.79 Å². The summed E-state index contributed by atoms with van der Waals surface area (Å²) in [7, 11) is 1.28. The molecule has 0 atom stereocenters. The van der Waals surface area contributed by atoms with Crippen LogP contribution in [0.25, 0.3) is 10.9 Å². The van der Waals surface area contributed by atoms with Crippen molar-refractivity contribution in [3.63, 3.8) is 0 Å². The Bertz CT molecular complexity index is 919. The number of pyridine rings is 1. The minimum atomic E-state index is -0.584. The number of carbonyl (C=O) groups is 2. The number of fused-ring (bicyclic) bond motifs is 1. The van der Waals surface area contributed by atoms with Gasteiger partial charge >= 0.3 is 6.09 Å². The Balaban J connectivity index is 1.72. The van der Waals surface area contributed by atoms with Crippen molar-refractivity contribution in [2.45, 2.75) is 6.54 Å². The molecule has 1 aromatic heterocycles. The second-order valence-corrected chi connectivity index (χ2v) is 5.37. The van der Waals surface area contributed by atoms with Crippen molar-refractivity contribution < 1.29 is 14.3 Å². The molecule has 0 spiro atoms. The number of amides is 2. The molecule has 0 aliphatic heterocycles. The molecule has 0 radical (unpaired) electrons. The lowest BCUT2D eigenvalue weighted by atomic mass is 10.1. The van der Waals surface area contributed by atoms with Gasteiger partial charge in [-0.05, 0) is 29.8 Å². The summed E-state index contributed by atoms with van der Waals surface area (Å²) in [6, 6.07) is 16.4. The second-order valence-electron chi connectivity index (χ2n) is 5.37. The highest BCUT2D eigenvalue weighted by molar-refractivity contribution is 5.96. The van der Waals surface area contributed by atoms with Crippen LogP contribution in [-0.4, -0.2) is 24.1 Å². The number of nitrogens with one attached hydrogen (secondary N) is 2. The molecule has 2 amide bonds. The molecule has 0 saturated carbocycles. The van der Waals surface area contributed by atoms with Crippen molar-refractivity contribution >= 4 is 28.6 Å². The van der Waals surface area contributed by atoms with Gasteiger partial charge in [-0.15, -0.1) is 0 Å². The van der Waals surface area contributed by atoms with Crippen molar-refractivity contribution in [1.29, 1.82) is 0 Å². The third kappa shape index (κ3) is 3.92. The molecule has 1 heterocycles. The number of nitrogens with zero attached hydrogens (tertiary/aromatic N) is 1. The van der Waals surface area contributed by atoms with E-state index in [-0.39, 0.29) is 5.91 Å². The predicted octanol–water partition coefficient (Wildman–Crippen LogP) is 3.34. The number of ether oxygens (including phenoxy) is 1. The predicted molar refractivity (Wildman–Crippen MR) is 95.4 cm³/mol. The molecule has 2 N–H and O–H groups in total. The highest BCUT2D eigenvalue weighted by Crippen LogP contribution is 2.16. The van der Waals surface area contributed by atoms with Crippen LogP contribution < -0.4 is 10.6 Å². The SMILES string of the molecule is COC(=O)Nc1cccc(C(=O)NCc2cccc3cccnc23)c1. The molecule has 2 aromatic carbocycles. The molecule has 0 aliphatic rings. The Morgan fingerprint density at radius 2 is 1.88 bits per heavy atom. The summed E-state index contributed by atoms with van der Waals surface area (Å²) in [5, 5.41) is 6.44. The smallest absolute Gasteiger partial charge is 0.411 e. The van der Waals surface area contributed by atoms with E-state index in [1.54, 1.807) is 30.5 Å². The van der Waals surface area contributed by atoms with Gasteiger partial charge in [0.15, 0.2) is 0 Å². The lowest BCUT2D eigenvalue weighted by Gasteiger charge is -2.09. The molecule has 6 nitrogen and oxygen atoms in total. The maximum Gasteiger partial charge on any atom is 0.411 e. The highest BCUT2D eigenvalue weighted by Gasteiger charge is 2.09. The largest absolute Gasteiger partial charge is 0.453 e. The van der Waals surface area contributed by atoms with E-state index in [0.29, 0.717) is 17.8 Å². The Labute approximate surface area is 144 Å². The normalized spacial score (nSPS) is 10.3. The number of para-hydroxylation sites is 1. The lowest BCUT2D eigenvalue weighted by Crippen LogP contribution is -2.23. The topological polar surface area (TPSA) is 80.3 Å². The van der Waals surface area contributed by atoms with Crippen LogP contribution in [0.1, 0.15) is 15.9 Å². The number of benzene rings is 2. The van der Waals surface area contributed by atoms with Gasteiger partial charge in [0.2, 0.25) is 0 Å². The number of hydrogen-bond donors (Lipinski definition) is 2. The van der Waals surface area contributed by atoms with Crippen molar-refractivity contribution in [1.82, 2.24) is 10.3 Å². The van der Waals surface area contributed by atoms with Crippen molar-refractivity contribution in [3.8, 4) is 0 Å². The quantitative estimate of drug-likeness (QED) is 0.766. The Morgan fingerprint density at radius 3 is 2.72 bits per heavy atom. The van der Waals surface area contributed by atoms with Gasteiger partial charge in [0.1, 0.15) is 0 Å². The maximum atomic E-state index is 12.4. The van der Waals surface area contributed by atoms with Gasteiger partial charge in [0, 0.05) is 29.4 Å². The van der Waals surface area contributed by atoms with Gasteiger partial charge in [-0.2, -0.15) is 0 Å². The first-order valence-electron chi connectivity index (χ1n) is 7.73. The molecule has 126 valence electrons. The van der Waals surface area contributed by atoms with Crippen LogP contribution in [0.2, 0.25) is 0 Å². The minimum absolute atomic E-state index is 0.235. The minimum Gasteiger partial charge on any atom is -0.453 e. The third-order valence-electron chi connectivity index (χ3n) is 3.71. The summed E-state index contributed by atoms with van der Waals surface area (Å²) in [6.07, 6.45) is 1.15. The first kappa shape index (κ1) is 16.4. The van der Waals surface area contributed by atoms with Gasteiger partial charge in [0.25, 0.3) is 5.91 Å². The summed E-state index contributed by atoms with van der Waals surface area (Å²) in [6.45, 7) is 0.363. The van der Waals surface area contributed by atoms with Crippen molar-refractivity contribution in [2.75, 3.05) is 12.4 Å². The zero-order chi connectivity index (χ0) is 17.6. The molecule has 6 heteroatoms. The number of methoxy groups -OCH3 is 1. The number of hydrogen-bond acceptors (Lipinski definition) is 4. The first-order valence-corrected chi connectivity index (χ1v) is 7.73. The van der Waals surface area contributed by atoms with E-state index < -0.39 is 6.09 Å². The van der Waals surface area contributed by atoms with Gasteiger partial charge in [-0.3, -0.25) is 15.1 Å². The number of rotatable bonds is 4. The van der Waals surface area contributed by atoms with Crippen molar-refractivity contribution in [3.05, 3.63) is 71.9 Å². The van der Waals surface area contributed by atoms with E-state index in [0.717, 1.165) is 16.5 Å². The van der Waals surface area contributed by atoms with Gasteiger partial charge in [-0.1, -0.05) is 30.3 Å². The Kier molecular flexibility index (Phi) is 4.89. The maximum absolute atomic E-state index is 12.4. The zero-order valence-corrected chi connectivity index (χ0v) is 13.7. The molecule has 3 aromatic rings. The summed E-state index contributed by atoms with van der Waals surface area (Å²) < 4.78 is 4.54. The van der Waals surface area contributed by atoms with E-state index in [4.69, 9.17) is 0 Å². The first-order chi connectivity index (χ1) is 12.2. The lowest BCUT2D eigenvalue weighted by molar-refractivity contribution is 0.0951. The van der Waals surface area contributed by atoms with Crippen LogP contribution in [0.4, 0.5) is 10.5 Å². The summed E-state index contributed by atoms with van der Waals surface area (Å²) in [4.78, 5) is 28.0. The fourth-order valence-electron chi connectivity index (χ4n) is 2.49. The average Bonchev–Trinajstić information content (AvgIpc) is 2.66. The Hall–Kier alpha value is -3.41. The molecule has 0 bridgehead atoms. The second kappa shape index (κ2) is 7.44. The molecule has 0 unspecified atom stereocenters. The van der Waals surface area contributed by atoms with E-state index in [2.05, 4.69) is 20.4 Å². The highest BCUT2D eigenvalue weighted by atomic mass is 16.5. The van der Waals surface area contributed by atoms with Gasteiger partial charge in [0.05, 0.1) is 12.6 Å². The standard InChI is InChI=1S/C19H17N3O3/c1-25-19(24)22-16-9-3-6-14(11-16)18(23)21-12-15-7-2-5-13-8-4-10-20-17(13)15/h2-11H,12H2,1H3,(H,21,23)(H,22,24). The average molecular weight is 335 g/mol. The number of anilines is 1. The molecular weight excluding hydrogens is 318 g/mol. The van der Waals surface area contributed by atoms with Gasteiger partial charge < -0.3 is 10.1 Å². The van der Waals surface area contributed by atoms with Crippen LogP contribution in [-0.2, 0) is 11.3 Å². The molecular formula is C19H17N3O3.